The molecule has 1 aliphatic rings. The van der Waals surface area contributed by atoms with Crippen LogP contribution < -0.4 is 11.2 Å². The smallest absolute Gasteiger partial charge is 0.330 e. The van der Waals surface area contributed by atoms with Crippen LogP contribution >= 0.6 is 0 Å². The van der Waals surface area contributed by atoms with Gasteiger partial charge in [-0.15, -0.1) is 0 Å². The van der Waals surface area contributed by atoms with Crippen molar-refractivity contribution >= 4 is 0 Å². The molecule has 0 radical (unpaired) electrons. The Bertz CT molecular complexity index is 818. The fourth-order valence-corrected chi connectivity index (χ4v) is 2.67. The lowest BCUT2D eigenvalue weighted by atomic mass is 10.1. The molecule has 9 heteroatoms. The van der Waals surface area contributed by atoms with Gasteiger partial charge in [0.25, 0.3) is 5.56 Å². The molecular weight excluding hydrogens is 318 g/mol. The van der Waals surface area contributed by atoms with Gasteiger partial charge in [0.1, 0.15) is 18.3 Å². The van der Waals surface area contributed by atoms with Crippen LogP contribution in [0.5, 0.6) is 0 Å². The Morgan fingerprint density at radius 3 is 2.54 bits per heavy atom. The molecular formula is C15H17N3O6. The van der Waals surface area contributed by atoms with Gasteiger partial charge >= 0.3 is 5.69 Å². The van der Waals surface area contributed by atoms with Gasteiger partial charge in [-0.25, -0.2) is 4.79 Å². The first-order chi connectivity index (χ1) is 11.5. The quantitative estimate of drug-likeness (QED) is 0.514. The molecule has 3 rings (SSSR count). The van der Waals surface area contributed by atoms with Crippen LogP contribution in [-0.2, 0) is 11.2 Å². The van der Waals surface area contributed by atoms with Crippen LogP contribution in [0.3, 0.4) is 0 Å². The molecule has 0 amide bonds. The van der Waals surface area contributed by atoms with Gasteiger partial charge < -0.3 is 20.1 Å². The average Bonchev–Trinajstić information content (AvgIpc) is 2.86. The lowest BCUT2D eigenvalue weighted by Crippen LogP contribution is -2.39. The van der Waals surface area contributed by atoms with Gasteiger partial charge in [0, 0.05) is 30.6 Å². The third-order valence-electron chi connectivity index (χ3n) is 3.98. The fourth-order valence-electron chi connectivity index (χ4n) is 2.67. The largest absolute Gasteiger partial charge is 0.394 e. The third-order valence-corrected chi connectivity index (χ3v) is 3.98. The second-order valence-corrected chi connectivity index (χ2v) is 5.58. The maximum Gasteiger partial charge on any atom is 0.330 e. The predicted octanol–water partition coefficient (Wildman–Crippen LogP) is -1.87. The zero-order chi connectivity index (χ0) is 17.3. The number of aliphatic hydroxyl groups excluding tert-OH is 3. The number of nitrogens with one attached hydrogen (secondary N) is 1. The average molecular weight is 335 g/mol. The lowest BCUT2D eigenvalue weighted by molar-refractivity contribution is -0.0551. The van der Waals surface area contributed by atoms with E-state index >= 15 is 0 Å². The highest BCUT2D eigenvalue weighted by Gasteiger charge is 2.43. The van der Waals surface area contributed by atoms with Gasteiger partial charge in [0.05, 0.1) is 6.61 Å². The monoisotopic (exact) mass is 335 g/mol. The van der Waals surface area contributed by atoms with Crippen molar-refractivity contribution < 1.29 is 20.1 Å². The van der Waals surface area contributed by atoms with E-state index in [1.165, 1.54) is 6.20 Å². The van der Waals surface area contributed by atoms with Crippen LogP contribution in [0, 0.1) is 0 Å². The highest BCUT2D eigenvalue weighted by Crippen LogP contribution is 2.28. The molecule has 9 nitrogen and oxygen atoms in total. The number of ether oxygens (including phenoxy) is 1. The van der Waals surface area contributed by atoms with E-state index in [9.17, 15) is 19.8 Å². The highest BCUT2D eigenvalue weighted by atomic mass is 16.6. The minimum absolute atomic E-state index is 0.257. The van der Waals surface area contributed by atoms with Crippen molar-refractivity contribution in [3.63, 3.8) is 0 Å². The number of rotatable bonds is 4. The summed E-state index contributed by atoms with van der Waals surface area (Å²) in [6.45, 7) is -0.503. The molecule has 0 unspecified atom stereocenters. The summed E-state index contributed by atoms with van der Waals surface area (Å²) < 4.78 is 6.34. The molecule has 4 atom stereocenters. The number of aliphatic hydroxyl groups is 3. The number of hydrogen-bond acceptors (Lipinski definition) is 7. The molecule has 0 bridgehead atoms. The molecule has 0 saturated carbocycles. The summed E-state index contributed by atoms with van der Waals surface area (Å²) in [4.78, 5) is 30.1. The lowest BCUT2D eigenvalue weighted by Gasteiger charge is -2.18. The molecule has 0 aromatic carbocycles. The van der Waals surface area contributed by atoms with Crippen molar-refractivity contribution in [1.29, 1.82) is 0 Å². The van der Waals surface area contributed by atoms with Gasteiger partial charge in [-0.3, -0.25) is 19.3 Å². The van der Waals surface area contributed by atoms with E-state index in [0.717, 1.165) is 10.1 Å². The Kier molecular flexibility index (Phi) is 4.58. The standard InChI is InChI=1S/C15H17N3O6/c19-7-10-11(20)12(21)14(24-10)18-6-9(13(22)17-15(18)23)5-8-1-3-16-4-2-8/h1-4,6,10-12,14,19-21H,5,7H2,(H,17,22,23)/t10-,11-,12-,14-/m1/s1. The SMILES string of the molecule is O=c1[nH]c(=O)n([C@@H]2O[C@H](CO)[C@@H](O)[C@H]2O)cc1Cc1ccncc1. The van der Waals surface area contributed by atoms with Crippen LogP contribution in [0.15, 0.2) is 40.3 Å². The summed E-state index contributed by atoms with van der Waals surface area (Å²) in [5.74, 6) is 0. The molecule has 4 N–H and O–H groups in total. The van der Waals surface area contributed by atoms with E-state index in [2.05, 4.69) is 9.97 Å². The summed E-state index contributed by atoms with van der Waals surface area (Å²) in [6.07, 6.45) is -0.210. The molecule has 2 aromatic rings. The number of H-pyrrole nitrogens is 1. The summed E-state index contributed by atoms with van der Waals surface area (Å²) in [5.41, 5.74) is -0.200. The van der Waals surface area contributed by atoms with E-state index in [4.69, 9.17) is 9.84 Å². The second-order valence-electron chi connectivity index (χ2n) is 5.58. The van der Waals surface area contributed by atoms with E-state index < -0.39 is 42.4 Å². The third kappa shape index (κ3) is 3.02. The van der Waals surface area contributed by atoms with Gasteiger partial charge in [0.15, 0.2) is 6.23 Å². The van der Waals surface area contributed by atoms with Crippen LogP contribution in [0.2, 0.25) is 0 Å². The highest BCUT2D eigenvalue weighted by molar-refractivity contribution is 5.20. The molecule has 2 aromatic heterocycles. The molecule has 1 fully saturated rings. The molecule has 3 heterocycles. The summed E-state index contributed by atoms with van der Waals surface area (Å²) in [7, 11) is 0. The summed E-state index contributed by atoms with van der Waals surface area (Å²) in [5, 5.41) is 29.0. The molecule has 1 saturated heterocycles. The first kappa shape index (κ1) is 16.5. The minimum atomic E-state index is -1.40. The first-order valence-corrected chi connectivity index (χ1v) is 7.37. The van der Waals surface area contributed by atoms with E-state index in [0.29, 0.717) is 5.56 Å². The zero-order valence-corrected chi connectivity index (χ0v) is 12.6. The van der Waals surface area contributed by atoms with Crippen LogP contribution in [0.25, 0.3) is 0 Å². The number of nitrogens with zero attached hydrogens (tertiary/aromatic N) is 2. The van der Waals surface area contributed by atoms with Crippen molar-refractivity contribution in [2.24, 2.45) is 0 Å². The first-order valence-electron chi connectivity index (χ1n) is 7.37. The number of aromatic amines is 1. The predicted molar refractivity (Wildman–Crippen MR) is 81.4 cm³/mol. The Labute approximate surface area is 135 Å². The molecule has 0 aliphatic carbocycles. The zero-order valence-electron chi connectivity index (χ0n) is 12.6. The van der Waals surface area contributed by atoms with E-state index in [1.54, 1.807) is 24.5 Å². The summed E-state index contributed by atoms with van der Waals surface area (Å²) >= 11 is 0. The molecule has 1 aliphatic heterocycles. The van der Waals surface area contributed by atoms with Crippen molar-refractivity contribution in [2.45, 2.75) is 31.0 Å². The molecule has 24 heavy (non-hydrogen) atoms. The van der Waals surface area contributed by atoms with Crippen LogP contribution in [0.1, 0.15) is 17.4 Å². The topological polar surface area (TPSA) is 138 Å². The Balaban J connectivity index is 1.96. The second kappa shape index (κ2) is 6.65. The van der Waals surface area contributed by atoms with Gasteiger partial charge in [-0.1, -0.05) is 0 Å². The Morgan fingerprint density at radius 2 is 1.92 bits per heavy atom. The van der Waals surface area contributed by atoms with Crippen molar-refractivity contribution in [1.82, 2.24) is 14.5 Å². The van der Waals surface area contributed by atoms with Crippen LogP contribution in [0.4, 0.5) is 0 Å². The van der Waals surface area contributed by atoms with Gasteiger partial charge in [-0.2, -0.15) is 0 Å². The normalized spacial score (nSPS) is 26.6. The molecule has 128 valence electrons. The number of hydrogen-bond donors (Lipinski definition) is 4. The van der Waals surface area contributed by atoms with Gasteiger partial charge in [0.2, 0.25) is 0 Å². The minimum Gasteiger partial charge on any atom is -0.394 e. The van der Waals surface area contributed by atoms with E-state index in [-0.39, 0.29) is 6.42 Å². The van der Waals surface area contributed by atoms with E-state index in [1.807, 2.05) is 0 Å². The number of aromatic nitrogens is 3. The molecule has 0 spiro atoms. The Morgan fingerprint density at radius 1 is 1.21 bits per heavy atom. The van der Waals surface area contributed by atoms with Crippen molar-refractivity contribution in [2.75, 3.05) is 6.61 Å². The van der Waals surface area contributed by atoms with Crippen LogP contribution in [-0.4, -0.2) is 54.8 Å². The van der Waals surface area contributed by atoms with Gasteiger partial charge in [-0.05, 0) is 17.7 Å². The summed E-state index contributed by atoms with van der Waals surface area (Å²) in [6, 6.07) is 3.47. The van der Waals surface area contributed by atoms with Crippen molar-refractivity contribution in [3.8, 4) is 0 Å². The van der Waals surface area contributed by atoms with Crippen molar-refractivity contribution in [3.05, 3.63) is 62.7 Å². The maximum atomic E-state index is 12.0. The Hall–Kier alpha value is -2.33. The fraction of sp³-hybridized carbons (Fsp3) is 0.400. The maximum absolute atomic E-state index is 12.0. The number of pyridine rings is 1.